The van der Waals surface area contributed by atoms with Crippen LogP contribution < -0.4 is 5.32 Å². The van der Waals surface area contributed by atoms with Crippen LogP contribution in [0.3, 0.4) is 0 Å². The van der Waals surface area contributed by atoms with E-state index in [9.17, 15) is 9.59 Å². The normalized spacial score (nSPS) is 12.3. The van der Waals surface area contributed by atoms with Crippen LogP contribution in [0.4, 0.5) is 0 Å². The van der Waals surface area contributed by atoms with Crippen LogP contribution in [0.5, 0.6) is 0 Å². The molecule has 0 saturated carbocycles. The van der Waals surface area contributed by atoms with E-state index >= 15 is 0 Å². The number of esters is 1. The molecule has 1 atom stereocenters. The Balaban J connectivity index is 3.62. The topological polar surface area (TPSA) is 55.4 Å². The van der Waals surface area contributed by atoms with Crippen LogP contribution in [-0.2, 0) is 14.3 Å². The SMILES string of the molecule is CCOC(=O)CSCC(=O)NC(C)C(C)C. The first-order chi connectivity index (χ1) is 7.47. The highest BCUT2D eigenvalue weighted by molar-refractivity contribution is 8.00. The molecule has 0 saturated heterocycles. The van der Waals surface area contributed by atoms with Crippen molar-refractivity contribution in [3.8, 4) is 0 Å². The lowest BCUT2D eigenvalue weighted by atomic mass is 10.1. The maximum atomic E-state index is 11.4. The molecule has 0 aliphatic carbocycles. The van der Waals surface area contributed by atoms with Gasteiger partial charge in [0, 0.05) is 6.04 Å². The zero-order valence-electron chi connectivity index (χ0n) is 10.4. The maximum absolute atomic E-state index is 11.4. The molecule has 0 radical (unpaired) electrons. The van der Waals surface area contributed by atoms with E-state index in [1.165, 1.54) is 11.8 Å². The number of hydrogen-bond donors (Lipinski definition) is 1. The highest BCUT2D eigenvalue weighted by atomic mass is 32.2. The van der Waals surface area contributed by atoms with Gasteiger partial charge in [0.1, 0.15) is 0 Å². The number of ether oxygens (including phenoxy) is 1. The molecule has 0 aliphatic rings. The number of carbonyl (C=O) groups is 2. The second-order valence-electron chi connectivity index (χ2n) is 3.90. The van der Waals surface area contributed by atoms with Crippen molar-refractivity contribution in [3.05, 3.63) is 0 Å². The van der Waals surface area contributed by atoms with Gasteiger partial charge in [-0.1, -0.05) is 13.8 Å². The Kier molecular flexibility index (Phi) is 8.07. The molecule has 0 fully saturated rings. The van der Waals surface area contributed by atoms with E-state index in [0.717, 1.165) is 0 Å². The Bertz CT molecular complexity index is 231. The Hall–Kier alpha value is -0.710. The van der Waals surface area contributed by atoms with Crippen LogP contribution in [0.1, 0.15) is 27.7 Å². The molecule has 0 aliphatic heterocycles. The van der Waals surface area contributed by atoms with E-state index in [4.69, 9.17) is 4.74 Å². The van der Waals surface area contributed by atoms with Gasteiger partial charge in [0.25, 0.3) is 0 Å². The first kappa shape index (κ1) is 15.3. The van der Waals surface area contributed by atoms with Gasteiger partial charge in [-0.15, -0.1) is 11.8 Å². The number of rotatable bonds is 7. The third kappa shape index (κ3) is 7.56. The van der Waals surface area contributed by atoms with Crippen molar-refractivity contribution in [3.63, 3.8) is 0 Å². The molecule has 0 spiro atoms. The van der Waals surface area contributed by atoms with E-state index in [1.807, 2.05) is 6.92 Å². The van der Waals surface area contributed by atoms with Gasteiger partial charge in [0.05, 0.1) is 18.1 Å². The van der Waals surface area contributed by atoms with Gasteiger partial charge in [-0.05, 0) is 19.8 Å². The Morgan fingerprint density at radius 2 is 1.88 bits per heavy atom. The fourth-order valence-electron chi connectivity index (χ4n) is 0.892. The first-order valence-electron chi connectivity index (χ1n) is 5.50. The Morgan fingerprint density at radius 1 is 1.25 bits per heavy atom. The van der Waals surface area contributed by atoms with E-state index in [2.05, 4.69) is 19.2 Å². The first-order valence-corrected chi connectivity index (χ1v) is 6.65. The van der Waals surface area contributed by atoms with Crippen LogP contribution >= 0.6 is 11.8 Å². The Labute approximate surface area is 101 Å². The molecule has 5 heteroatoms. The second-order valence-corrected chi connectivity index (χ2v) is 4.88. The molecule has 0 aromatic rings. The quantitative estimate of drug-likeness (QED) is 0.692. The van der Waals surface area contributed by atoms with E-state index < -0.39 is 0 Å². The van der Waals surface area contributed by atoms with Crippen LogP contribution in [0.15, 0.2) is 0 Å². The molecule has 1 unspecified atom stereocenters. The molecule has 1 N–H and O–H groups in total. The minimum absolute atomic E-state index is 0.0319. The van der Waals surface area contributed by atoms with Crippen LogP contribution in [0.25, 0.3) is 0 Å². The molecule has 94 valence electrons. The van der Waals surface area contributed by atoms with Crippen molar-refractivity contribution in [1.82, 2.24) is 5.32 Å². The van der Waals surface area contributed by atoms with Crippen molar-refractivity contribution in [2.45, 2.75) is 33.7 Å². The summed E-state index contributed by atoms with van der Waals surface area (Å²) in [7, 11) is 0. The highest BCUT2D eigenvalue weighted by Crippen LogP contribution is 2.03. The fraction of sp³-hybridized carbons (Fsp3) is 0.818. The monoisotopic (exact) mass is 247 g/mol. The lowest BCUT2D eigenvalue weighted by Gasteiger charge is -2.17. The van der Waals surface area contributed by atoms with Gasteiger partial charge in [-0.3, -0.25) is 9.59 Å². The lowest BCUT2D eigenvalue weighted by molar-refractivity contribution is -0.139. The minimum Gasteiger partial charge on any atom is -0.465 e. The lowest BCUT2D eigenvalue weighted by Crippen LogP contribution is -2.37. The van der Waals surface area contributed by atoms with Crippen molar-refractivity contribution >= 4 is 23.6 Å². The van der Waals surface area contributed by atoms with Crippen molar-refractivity contribution in [2.24, 2.45) is 5.92 Å². The summed E-state index contributed by atoms with van der Waals surface area (Å²) in [5, 5.41) is 2.87. The standard InChI is InChI=1S/C11H21NO3S/c1-5-15-11(14)7-16-6-10(13)12-9(4)8(2)3/h8-9H,5-7H2,1-4H3,(H,12,13). The largest absolute Gasteiger partial charge is 0.465 e. The zero-order valence-corrected chi connectivity index (χ0v) is 11.2. The molecule has 1 amide bonds. The molecule has 0 bridgehead atoms. The number of amides is 1. The third-order valence-electron chi connectivity index (χ3n) is 2.15. The molecule has 4 nitrogen and oxygen atoms in total. The smallest absolute Gasteiger partial charge is 0.315 e. The summed E-state index contributed by atoms with van der Waals surface area (Å²) in [5.74, 6) is 0.652. The number of carbonyl (C=O) groups excluding carboxylic acids is 2. The van der Waals surface area contributed by atoms with Gasteiger partial charge in [-0.2, -0.15) is 0 Å². The number of hydrogen-bond acceptors (Lipinski definition) is 4. The van der Waals surface area contributed by atoms with E-state index in [0.29, 0.717) is 18.3 Å². The van der Waals surface area contributed by atoms with Gasteiger partial charge in [0.15, 0.2) is 0 Å². The Morgan fingerprint density at radius 3 is 2.38 bits per heavy atom. The van der Waals surface area contributed by atoms with Crippen molar-refractivity contribution in [1.29, 1.82) is 0 Å². The van der Waals surface area contributed by atoms with Crippen LogP contribution in [0, 0.1) is 5.92 Å². The molecule has 16 heavy (non-hydrogen) atoms. The predicted octanol–water partition coefficient (Wildman–Crippen LogP) is 1.44. The molecular weight excluding hydrogens is 226 g/mol. The summed E-state index contributed by atoms with van der Waals surface area (Å²) >= 11 is 1.28. The fourth-order valence-corrected chi connectivity index (χ4v) is 1.51. The van der Waals surface area contributed by atoms with E-state index in [-0.39, 0.29) is 23.7 Å². The molecule has 0 heterocycles. The number of thioether (sulfide) groups is 1. The van der Waals surface area contributed by atoms with Gasteiger partial charge >= 0.3 is 5.97 Å². The summed E-state index contributed by atoms with van der Waals surface area (Å²) in [5.41, 5.74) is 0. The average Bonchev–Trinajstić information content (AvgIpc) is 2.17. The van der Waals surface area contributed by atoms with Crippen molar-refractivity contribution < 1.29 is 14.3 Å². The highest BCUT2D eigenvalue weighted by Gasteiger charge is 2.11. The molecule has 0 aromatic carbocycles. The summed E-state index contributed by atoms with van der Waals surface area (Å²) < 4.78 is 4.75. The van der Waals surface area contributed by atoms with Crippen LogP contribution in [-0.4, -0.2) is 36.0 Å². The average molecular weight is 247 g/mol. The summed E-state index contributed by atoms with van der Waals surface area (Å²) in [6.45, 7) is 8.22. The molecule has 0 aromatic heterocycles. The number of nitrogens with one attached hydrogen (secondary N) is 1. The molecule has 0 rings (SSSR count). The van der Waals surface area contributed by atoms with Crippen molar-refractivity contribution in [2.75, 3.05) is 18.1 Å². The molecular formula is C11H21NO3S. The van der Waals surface area contributed by atoms with E-state index in [1.54, 1.807) is 6.92 Å². The summed E-state index contributed by atoms with van der Waals surface area (Å²) in [4.78, 5) is 22.4. The summed E-state index contributed by atoms with van der Waals surface area (Å²) in [6.07, 6.45) is 0. The third-order valence-corrected chi connectivity index (χ3v) is 3.05. The van der Waals surface area contributed by atoms with Crippen LogP contribution in [0.2, 0.25) is 0 Å². The van der Waals surface area contributed by atoms with Gasteiger partial charge < -0.3 is 10.1 Å². The van der Waals surface area contributed by atoms with Gasteiger partial charge in [-0.25, -0.2) is 0 Å². The van der Waals surface area contributed by atoms with Gasteiger partial charge in [0.2, 0.25) is 5.91 Å². The second kappa shape index (κ2) is 8.44. The minimum atomic E-state index is -0.266. The zero-order chi connectivity index (χ0) is 12.6. The maximum Gasteiger partial charge on any atom is 0.315 e. The predicted molar refractivity (Wildman–Crippen MR) is 66.4 cm³/mol. The summed E-state index contributed by atoms with van der Waals surface area (Å²) in [6, 6.07) is 0.163.